The molecule has 0 radical (unpaired) electrons. The van der Waals surface area contributed by atoms with Gasteiger partial charge in [-0.15, -0.1) is 0 Å². The van der Waals surface area contributed by atoms with Crippen LogP contribution in [-0.2, 0) is 0 Å². The maximum Gasteiger partial charge on any atom is 0 e. The number of nitrogens with one attached hydrogen (secondary N) is 1. The Morgan fingerprint density at radius 1 is 1.17 bits per heavy atom. The van der Waals surface area contributed by atoms with Crippen LogP contribution in [0.1, 0.15) is 13.8 Å². The average Bonchev–Trinajstić information content (AvgIpc) is 1.41. The zero-order valence-electron chi connectivity index (χ0n) is 4.41. The summed E-state index contributed by atoms with van der Waals surface area (Å²) in [5.41, 5.74) is 0. The molecule has 0 aromatic carbocycles. The maximum atomic E-state index is 3.11. The van der Waals surface area contributed by atoms with Crippen LogP contribution in [0.4, 0.5) is 0 Å². The summed E-state index contributed by atoms with van der Waals surface area (Å²) in [7, 11) is 0. The van der Waals surface area contributed by atoms with E-state index in [4.69, 9.17) is 0 Å². The molecular weight excluding hydrogens is 202 g/mol. The van der Waals surface area contributed by atoms with Crippen molar-refractivity contribution in [1.29, 1.82) is 0 Å². The van der Waals surface area contributed by atoms with E-state index >= 15 is 0 Å². The monoisotopic (exact) mass is 213 g/mol. The van der Waals surface area contributed by atoms with Gasteiger partial charge in [0.05, 0.1) is 0 Å². The summed E-state index contributed by atoms with van der Waals surface area (Å²) < 4.78 is 0. The van der Waals surface area contributed by atoms with Crippen molar-refractivity contribution in [3.8, 4) is 0 Å². The van der Waals surface area contributed by atoms with Crippen LogP contribution in [0.5, 0.6) is 0 Å². The Bertz CT molecular complexity index is 15.0. The molecule has 0 aliphatic rings. The van der Waals surface area contributed by atoms with Gasteiger partial charge in [0.15, 0.2) is 0 Å². The Labute approximate surface area is 73.3 Å². The molecule has 0 saturated carbocycles. The van der Waals surface area contributed by atoms with Gasteiger partial charge in [0, 0.05) is 41.7 Å². The first-order chi connectivity index (χ1) is 2.41. The summed E-state index contributed by atoms with van der Waals surface area (Å²) in [6.07, 6.45) is 0. The fourth-order valence-corrected chi connectivity index (χ4v) is 0.250. The second-order valence-corrected chi connectivity index (χ2v) is 0.957. The molecule has 0 aromatic heterocycles. The molecule has 0 spiro atoms. The van der Waals surface area contributed by atoms with Gasteiger partial charge >= 0.3 is 0 Å². The SMILES string of the molecule is CCNCC.[Ce]. The van der Waals surface area contributed by atoms with Crippen molar-refractivity contribution in [3.05, 3.63) is 0 Å². The molecule has 0 amide bonds. The summed E-state index contributed by atoms with van der Waals surface area (Å²) in [5.74, 6) is 0. The van der Waals surface area contributed by atoms with E-state index in [1.54, 1.807) is 0 Å². The molecular formula is C4H11CeN. The zero-order chi connectivity index (χ0) is 4.12. The Morgan fingerprint density at radius 3 is 1.50 bits per heavy atom. The minimum absolute atomic E-state index is 0. The molecule has 0 fully saturated rings. The van der Waals surface area contributed by atoms with Crippen LogP contribution in [0.25, 0.3) is 0 Å². The van der Waals surface area contributed by atoms with Gasteiger partial charge in [-0.3, -0.25) is 0 Å². The van der Waals surface area contributed by atoms with Gasteiger partial charge in [0.1, 0.15) is 0 Å². The zero-order valence-corrected chi connectivity index (χ0v) is 7.55. The van der Waals surface area contributed by atoms with Crippen molar-refractivity contribution >= 4 is 0 Å². The van der Waals surface area contributed by atoms with Crippen molar-refractivity contribution in [3.63, 3.8) is 0 Å². The van der Waals surface area contributed by atoms with E-state index in [1.807, 2.05) is 0 Å². The number of hydrogen-bond donors (Lipinski definition) is 1. The van der Waals surface area contributed by atoms with Crippen LogP contribution in [0, 0.1) is 41.7 Å². The Balaban J connectivity index is 0. The molecule has 6 heavy (non-hydrogen) atoms. The first-order valence-electron chi connectivity index (χ1n) is 2.12. The summed E-state index contributed by atoms with van der Waals surface area (Å²) >= 11 is 0. The number of hydrogen-bond acceptors (Lipinski definition) is 1. The molecule has 0 unspecified atom stereocenters. The van der Waals surface area contributed by atoms with Crippen molar-refractivity contribution in [1.82, 2.24) is 5.32 Å². The molecule has 0 rings (SSSR count). The van der Waals surface area contributed by atoms with E-state index in [1.165, 1.54) is 0 Å². The van der Waals surface area contributed by atoms with Crippen molar-refractivity contribution < 1.29 is 41.7 Å². The van der Waals surface area contributed by atoms with E-state index in [0.29, 0.717) is 0 Å². The molecule has 0 atom stereocenters. The van der Waals surface area contributed by atoms with E-state index in [9.17, 15) is 0 Å². The van der Waals surface area contributed by atoms with Crippen LogP contribution in [0.3, 0.4) is 0 Å². The van der Waals surface area contributed by atoms with Crippen molar-refractivity contribution in [2.24, 2.45) is 0 Å². The molecule has 0 saturated heterocycles. The first kappa shape index (κ1) is 10.3. The van der Waals surface area contributed by atoms with Gasteiger partial charge in [0.25, 0.3) is 0 Å². The second kappa shape index (κ2) is 9.60. The van der Waals surface area contributed by atoms with E-state index in [0.717, 1.165) is 13.1 Å². The van der Waals surface area contributed by atoms with Crippen LogP contribution in [-0.4, -0.2) is 13.1 Å². The van der Waals surface area contributed by atoms with Crippen molar-refractivity contribution in [2.75, 3.05) is 13.1 Å². The van der Waals surface area contributed by atoms with Crippen molar-refractivity contribution in [2.45, 2.75) is 13.8 Å². The van der Waals surface area contributed by atoms with Gasteiger partial charge < -0.3 is 5.32 Å². The Hall–Kier alpha value is 1.34. The fourth-order valence-electron chi connectivity index (χ4n) is 0.250. The normalized spacial score (nSPS) is 7.00. The summed E-state index contributed by atoms with van der Waals surface area (Å²) in [5, 5.41) is 3.11. The Kier molecular flexibility index (Phi) is 16.5. The van der Waals surface area contributed by atoms with Crippen LogP contribution >= 0.6 is 0 Å². The number of rotatable bonds is 2. The molecule has 0 aromatic rings. The standard InChI is InChI=1S/C4H11N.Ce/c1-3-5-4-2;/h5H,3-4H2,1-2H3;. The molecule has 0 aliphatic carbocycles. The summed E-state index contributed by atoms with van der Waals surface area (Å²) in [6, 6.07) is 0. The smallest absolute Gasteiger partial charge is 0 e. The average molecular weight is 213 g/mol. The van der Waals surface area contributed by atoms with Crippen LogP contribution in [0.2, 0.25) is 0 Å². The first-order valence-corrected chi connectivity index (χ1v) is 2.12. The second-order valence-electron chi connectivity index (χ2n) is 0.957. The predicted molar refractivity (Wildman–Crippen MR) is 24.2 cm³/mol. The third-order valence-corrected chi connectivity index (χ3v) is 0.500. The van der Waals surface area contributed by atoms with Gasteiger partial charge in [-0.05, 0) is 13.1 Å². The molecule has 1 nitrogen and oxygen atoms in total. The minimum atomic E-state index is 0. The van der Waals surface area contributed by atoms with Gasteiger partial charge in [-0.1, -0.05) is 13.8 Å². The van der Waals surface area contributed by atoms with Gasteiger partial charge in [0.2, 0.25) is 0 Å². The minimum Gasteiger partial charge on any atom is -0.317 e. The van der Waals surface area contributed by atoms with Gasteiger partial charge in [-0.2, -0.15) is 0 Å². The van der Waals surface area contributed by atoms with E-state index in [2.05, 4.69) is 19.2 Å². The molecule has 1 N–H and O–H groups in total. The molecule has 0 heterocycles. The quantitative estimate of drug-likeness (QED) is 0.709. The summed E-state index contributed by atoms with van der Waals surface area (Å²) in [4.78, 5) is 0. The maximum absolute atomic E-state index is 3.11. The third-order valence-electron chi connectivity index (χ3n) is 0.500. The molecule has 36 valence electrons. The summed E-state index contributed by atoms with van der Waals surface area (Å²) in [6.45, 7) is 6.39. The molecule has 2 heteroatoms. The topological polar surface area (TPSA) is 12.0 Å². The Morgan fingerprint density at radius 2 is 1.50 bits per heavy atom. The third kappa shape index (κ3) is 9.01. The fraction of sp³-hybridized carbons (Fsp3) is 1.00. The van der Waals surface area contributed by atoms with Gasteiger partial charge in [-0.25, -0.2) is 0 Å². The van der Waals surface area contributed by atoms with E-state index in [-0.39, 0.29) is 41.7 Å². The largest absolute Gasteiger partial charge is 0.317 e. The molecule has 0 aliphatic heterocycles. The van der Waals surface area contributed by atoms with Crippen LogP contribution in [0.15, 0.2) is 0 Å². The molecule has 0 bridgehead atoms. The van der Waals surface area contributed by atoms with Crippen LogP contribution < -0.4 is 5.32 Å². The van der Waals surface area contributed by atoms with E-state index < -0.39 is 0 Å². The predicted octanol–water partition coefficient (Wildman–Crippen LogP) is 0.616.